The highest BCUT2D eigenvalue weighted by molar-refractivity contribution is 6.32. The van der Waals surface area contributed by atoms with Gasteiger partial charge in [0.05, 0.1) is 24.0 Å². The first-order valence-electron chi connectivity index (χ1n) is 16.2. The number of aromatic amines is 1. The smallest absolute Gasteiger partial charge is 0.273 e. The summed E-state index contributed by atoms with van der Waals surface area (Å²) in [6.45, 7) is 2.27. The van der Waals surface area contributed by atoms with Gasteiger partial charge < -0.3 is 15.2 Å². The van der Waals surface area contributed by atoms with E-state index in [0.29, 0.717) is 21.8 Å². The third-order valence-corrected chi connectivity index (χ3v) is 10.3. The number of fused-ring (bicyclic) bond motifs is 2. The van der Waals surface area contributed by atoms with Crippen molar-refractivity contribution in [2.24, 2.45) is 5.92 Å². The Kier molecular flexibility index (Phi) is 7.50. The lowest BCUT2D eigenvalue weighted by Crippen LogP contribution is -2.29. The van der Waals surface area contributed by atoms with Gasteiger partial charge >= 0.3 is 0 Å². The van der Waals surface area contributed by atoms with Crippen molar-refractivity contribution in [3.05, 3.63) is 129 Å². The number of carbonyl (C=O) groups is 1. The monoisotopic (exact) mass is 647 g/mol. The number of H-pyrrole nitrogens is 1. The van der Waals surface area contributed by atoms with Gasteiger partial charge in [-0.1, -0.05) is 97.9 Å². The summed E-state index contributed by atoms with van der Waals surface area (Å²) >= 11 is 13.2. The Labute approximate surface area is 278 Å². The number of nitrogens with one attached hydrogen (secondary N) is 2. The van der Waals surface area contributed by atoms with Crippen LogP contribution in [0, 0.1) is 5.92 Å². The van der Waals surface area contributed by atoms with Crippen molar-refractivity contribution in [1.29, 1.82) is 0 Å². The second-order valence-corrected chi connectivity index (χ2v) is 13.6. The molecule has 0 saturated heterocycles. The van der Waals surface area contributed by atoms with Crippen LogP contribution in [-0.2, 0) is 0 Å². The van der Waals surface area contributed by atoms with E-state index >= 15 is 0 Å². The highest BCUT2D eigenvalue weighted by atomic mass is 35.5. The summed E-state index contributed by atoms with van der Waals surface area (Å²) in [7, 11) is 0. The average molecular weight is 649 g/mol. The maximum Gasteiger partial charge on any atom is 0.273 e. The number of hydrogen-bond acceptors (Lipinski definition) is 3. The zero-order chi connectivity index (χ0) is 31.4. The van der Waals surface area contributed by atoms with Crippen molar-refractivity contribution in [3.63, 3.8) is 0 Å². The lowest BCUT2D eigenvalue weighted by atomic mass is 9.82. The lowest BCUT2D eigenvalue weighted by molar-refractivity contribution is 0.102. The van der Waals surface area contributed by atoms with Gasteiger partial charge in [0.1, 0.15) is 11.5 Å². The van der Waals surface area contributed by atoms with Crippen LogP contribution in [0.3, 0.4) is 0 Å². The highest BCUT2D eigenvalue weighted by Crippen LogP contribution is 2.52. The second kappa shape index (κ2) is 11.8. The van der Waals surface area contributed by atoms with E-state index in [0.717, 1.165) is 63.9 Å². The van der Waals surface area contributed by atoms with Crippen molar-refractivity contribution in [2.75, 3.05) is 5.32 Å². The van der Waals surface area contributed by atoms with Gasteiger partial charge in [-0.25, -0.2) is 4.68 Å². The molecule has 1 aliphatic carbocycles. The van der Waals surface area contributed by atoms with Gasteiger partial charge in [0.25, 0.3) is 5.91 Å². The number of halogens is 2. The first kappa shape index (κ1) is 29.2. The molecule has 1 saturated carbocycles. The predicted molar refractivity (Wildman–Crippen MR) is 187 cm³/mol. The molecule has 0 spiro atoms. The Morgan fingerprint density at radius 2 is 1.74 bits per heavy atom. The van der Waals surface area contributed by atoms with Gasteiger partial charge in [-0.2, -0.15) is 5.10 Å². The van der Waals surface area contributed by atoms with E-state index in [1.165, 1.54) is 24.8 Å². The molecule has 0 bridgehead atoms. The minimum absolute atomic E-state index is 0.180. The average Bonchev–Trinajstić information content (AvgIpc) is 3.64. The number of nitrogens with zero attached hydrogens (tertiary/aromatic N) is 3. The third-order valence-electron chi connectivity index (χ3n) is 9.79. The molecule has 46 heavy (non-hydrogen) atoms. The molecule has 2 N–H and O–H groups in total. The Morgan fingerprint density at radius 1 is 0.957 bits per heavy atom. The summed E-state index contributed by atoms with van der Waals surface area (Å²) in [4.78, 5) is 20.4. The van der Waals surface area contributed by atoms with Gasteiger partial charge in [0, 0.05) is 38.8 Å². The van der Waals surface area contributed by atoms with Gasteiger partial charge in [0.2, 0.25) is 0 Å². The normalized spacial score (nSPS) is 19.8. The molecule has 3 aromatic carbocycles. The zero-order valence-electron chi connectivity index (χ0n) is 25.6. The topological polar surface area (TPSA) is 66.0 Å². The van der Waals surface area contributed by atoms with Crippen LogP contribution in [-0.4, -0.2) is 25.6 Å². The van der Waals surface area contributed by atoms with Crippen molar-refractivity contribution in [1.82, 2.24) is 19.7 Å². The number of anilines is 1. The summed E-state index contributed by atoms with van der Waals surface area (Å²) in [6.07, 6.45) is 12.8. The fourth-order valence-electron chi connectivity index (χ4n) is 7.76. The van der Waals surface area contributed by atoms with Crippen molar-refractivity contribution in [3.8, 4) is 0 Å². The van der Waals surface area contributed by atoms with Crippen LogP contribution in [0.2, 0.25) is 10.0 Å². The molecule has 6 nitrogen and oxygen atoms in total. The molecule has 8 rings (SSSR count). The van der Waals surface area contributed by atoms with Crippen LogP contribution in [0.25, 0.3) is 22.2 Å². The quantitative estimate of drug-likeness (QED) is 0.199. The third kappa shape index (κ3) is 4.95. The number of aromatic nitrogens is 3. The molecule has 2 aliphatic heterocycles. The molecule has 2 atom stereocenters. The first-order chi connectivity index (χ1) is 22.5. The van der Waals surface area contributed by atoms with Gasteiger partial charge in [0.15, 0.2) is 0 Å². The van der Waals surface area contributed by atoms with Gasteiger partial charge in [-0.05, 0) is 71.7 Å². The Morgan fingerprint density at radius 3 is 2.52 bits per heavy atom. The van der Waals surface area contributed by atoms with Crippen LogP contribution in [0.4, 0.5) is 5.82 Å². The molecule has 1 fully saturated rings. The Balaban J connectivity index is 1.37. The van der Waals surface area contributed by atoms with Crippen LogP contribution in [0.1, 0.15) is 90.3 Å². The van der Waals surface area contributed by atoms with E-state index in [1.54, 1.807) is 6.20 Å². The minimum atomic E-state index is -0.198. The minimum Gasteiger partial charge on any atom is -0.350 e. The summed E-state index contributed by atoms with van der Waals surface area (Å²) in [6, 6.07) is 24.6. The number of rotatable bonds is 5. The van der Waals surface area contributed by atoms with E-state index in [1.807, 2.05) is 41.1 Å². The molecule has 232 valence electrons. The van der Waals surface area contributed by atoms with Crippen LogP contribution in [0.5, 0.6) is 0 Å². The fourth-order valence-corrected chi connectivity index (χ4v) is 8.11. The number of carbonyl (C=O) groups excluding carboxylic acids is 1. The van der Waals surface area contributed by atoms with Crippen molar-refractivity contribution in [2.45, 2.75) is 57.5 Å². The standard InChI is InChI=1S/C38H35Cl2N5O/c1-23-9-8-20-44-36(25-14-16-26(39)17-15-25)29-21-27(40)22-30-33(29)34(37(44)32(23)24-10-4-2-5-11-24)35(42-30)38(46)43-31-18-19-41-45(31)28-12-6-3-7-13-28/h2,4-5,8,10-11,14-23,28,36,42H,3,6-7,9,12-13H2,1H3,(H,43,46). The molecule has 1 amide bonds. The van der Waals surface area contributed by atoms with E-state index in [9.17, 15) is 4.79 Å². The van der Waals surface area contributed by atoms with Crippen LogP contribution in [0.15, 0.2) is 91.3 Å². The summed E-state index contributed by atoms with van der Waals surface area (Å²) in [5, 5.41) is 10.2. The van der Waals surface area contributed by atoms with E-state index in [4.69, 9.17) is 23.2 Å². The molecular formula is C38H35Cl2N5O. The molecule has 3 aliphatic rings. The molecule has 4 heterocycles. The maximum absolute atomic E-state index is 14.5. The number of amides is 1. The highest BCUT2D eigenvalue weighted by Gasteiger charge is 2.39. The van der Waals surface area contributed by atoms with Crippen molar-refractivity contribution >= 4 is 57.1 Å². The number of allylic oxidation sites excluding steroid dienone is 2. The van der Waals surface area contributed by atoms with Crippen molar-refractivity contribution < 1.29 is 4.79 Å². The number of benzene rings is 3. The Bertz CT molecular complexity index is 2000. The molecule has 8 heteroatoms. The maximum atomic E-state index is 14.5. The van der Waals surface area contributed by atoms with Crippen LogP contribution < -0.4 is 5.32 Å². The van der Waals surface area contributed by atoms with Gasteiger partial charge in [-0.3, -0.25) is 4.79 Å². The summed E-state index contributed by atoms with van der Waals surface area (Å²) in [5.74, 6) is 0.725. The summed E-state index contributed by atoms with van der Waals surface area (Å²) < 4.78 is 2.00. The molecule has 0 radical (unpaired) electrons. The van der Waals surface area contributed by atoms with E-state index in [2.05, 4.69) is 75.9 Å². The SMILES string of the molecule is CC1CC=CN2C(=C1c1ccccc1)c1c(C(=O)Nc3ccnn3C3CCCCC3)[nH]c3cc(Cl)cc(c13)C2c1ccc(Cl)cc1. The lowest BCUT2D eigenvalue weighted by Gasteiger charge is -2.39. The van der Waals surface area contributed by atoms with E-state index < -0.39 is 0 Å². The Hall–Kier alpha value is -4.26. The zero-order valence-corrected chi connectivity index (χ0v) is 27.2. The largest absolute Gasteiger partial charge is 0.350 e. The predicted octanol–water partition coefficient (Wildman–Crippen LogP) is 10.3. The number of hydrogen-bond donors (Lipinski definition) is 2. The molecule has 2 unspecified atom stereocenters. The second-order valence-electron chi connectivity index (χ2n) is 12.7. The molecule has 2 aromatic heterocycles. The molecular weight excluding hydrogens is 613 g/mol. The van der Waals surface area contributed by atoms with Gasteiger partial charge in [-0.15, -0.1) is 0 Å². The van der Waals surface area contributed by atoms with Crippen LogP contribution >= 0.6 is 23.2 Å². The fraction of sp³-hybridized carbons (Fsp3) is 0.263. The first-order valence-corrected chi connectivity index (χ1v) is 16.9. The molecule has 5 aromatic rings. The summed E-state index contributed by atoms with van der Waals surface area (Å²) in [5.41, 5.74) is 7.74. The van der Waals surface area contributed by atoms with E-state index in [-0.39, 0.29) is 17.9 Å².